The molecule has 1 aromatic heterocycles. The Bertz CT molecular complexity index is 397. The van der Waals surface area contributed by atoms with E-state index in [1.54, 1.807) is 6.07 Å². The Morgan fingerprint density at radius 2 is 2.41 bits per heavy atom. The molecule has 1 aromatic rings. The molecule has 1 amide bonds. The minimum atomic E-state index is -0.482. The third-order valence-corrected chi connectivity index (χ3v) is 2.83. The van der Waals surface area contributed by atoms with E-state index < -0.39 is 5.95 Å². The molecule has 5 heteroatoms. The van der Waals surface area contributed by atoms with E-state index in [1.807, 2.05) is 4.90 Å². The highest BCUT2D eigenvalue weighted by Crippen LogP contribution is 2.10. The maximum Gasteiger partial charge on any atom is 0.222 e. The van der Waals surface area contributed by atoms with Crippen LogP contribution < -0.4 is 5.32 Å². The molecule has 1 aliphatic rings. The number of hydrogen-bond donors (Lipinski definition) is 1. The van der Waals surface area contributed by atoms with Crippen LogP contribution in [0.2, 0.25) is 0 Å². The molecule has 1 aliphatic heterocycles. The van der Waals surface area contributed by atoms with Gasteiger partial charge < -0.3 is 10.2 Å². The summed E-state index contributed by atoms with van der Waals surface area (Å²) in [6.07, 6.45) is 3.96. The largest absolute Gasteiger partial charge is 0.385 e. The van der Waals surface area contributed by atoms with Crippen LogP contribution in [-0.2, 0) is 4.79 Å². The van der Waals surface area contributed by atoms with Crippen molar-refractivity contribution in [2.24, 2.45) is 0 Å². The lowest BCUT2D eigenvalue weighted by atomic mass is 10.3. The van der Waals surface area contributed by atoms with Gasteiger partial charge in [0.15, 0.2) is 0 Å². The van der Waals surface area contributed by atoms with Crippen molar-refractivity contribution in [1.29, 1.82) is 0 Å². The van der Waals surface area contributed by atoms with E-state index in [9.17, 15) is 9.18 Å². The van der Waals surface area contributed by atoms with Crippen molar-refractivity contribution in [3.63, 3.8) is 0 Å². The standard InChI is InChI=1S/C12H16FN3O/c13-11-9-10(4-6-15-11)14-5-2-8-16-7-1-3-12(16)17/h4,6,9H,1-3,5,7-8H2,(H,14,15). The van der Waals surface area contributed by atoms with Gasteiger partial charge in [-0.3, -0.25) is 4.79 Å². The molecular formula is C12H16FN3O. The van der Waals surface area contributed by atoms with Gasteiger partial charge in [-0.1, -0.05) is 0 Å². The number of amides is 1. The van der Waals surface area contributed by atoms with Gasteiger partial charge in [0.1, 0.15) is 0 Å². The first-order chi connectivity index (χ1) is 8.25. The fourth-order valence-corrected chi connectivity index (χ4v) is 1.96. The average Bonchev–Trinajstić information content (AvgIpc) is 2.71. The van der Waals surface area contributed by atoms with Gasteiger partial charge in [-0.05, 0) is 18.9 Å². The van der Waals surface area contributed by atoms with Gasteiger partial charge in [0, 0.05) is 44.0 Å². The topological polar surface area (TPSA) is 45.2 Å². The average molecular weight is 237 g/mol. The molecule has 0 atom stereocenters. The van der Waals surface area contributed by atoms with Gasteiger partial charge in [0.2, 0.25) is 11.9 Å². The summed E-state index contributed by atoms with van der Waals surface area (Å²) >= 11 is 0. The van der Waals surface area contributed by atoms with Crippen molar-refractivity contribution >= 4 is 11.6 Å². The van der Waals surface area contributed by atoms with E-state index in [0.717, 1.165) is 38.2 Å². The summed E-state index contributed by atoms with van der Waals surface area (Å²) in [4.78, 5) is 16.7. The lowest BCUT2D eigenvalue weighted by Gasteiger charge is -2.15. The monoisotopic (exact) mass is 237 g/mol. The highest BCUT2D eigenvalue weighted by molar-refractivity contribution is 5.77. The van der Waals surface area contributed by atoms with Crippen LogP contribution in [0.3, 0.4) is 0 Å². The quantitative estimate of drug-likeness (QED) is 0.625. The molecule has 1 saturated heterocycles. The van der Waals surface area contributed by atoms with Gasteiger partial charge in [0.25, 0.3) is 0 Å². The molecule has 0 saturated carbocycles. The van der Waals surface area contributed by atoms with E-state index in [1.165, 1.54) is 12.3 Å². The van der Waals surface area contributed by atoms with Crippen molar-refractivity contribution in [2.75, 3.05) is 25.0 Å². The normalized spacial score (nSPS) is 15.4. The third-order valence-electron chi connectivity index (χ3n) is 2.83. The summed E-state index contributed by atoms with van der Waals surface area (Å²) in [5, 5.41) is 3.11. The fraction of sp³-hybridized carbons (Fsp3) is 0.500. The van der Waals surface area contributed by atoms with Crippen LogP contribution in [0.15, 0.2) is 18.3 Å². The number of pyridine rings is 1. The van der Waals surface area contributed by atoms with Gasteiger partial charge in [-0.25, -0.2) is 4.98 Å². The van der Waals surface area contributed by atoms with Crippen molar-refractivity contribution in [2.45, 2.75) is 19.3 Å². The van der Waals surface area contributed by atoms with E-state index in [4.69, 9.17) is 0 Å². The Balaban J connectivity index is 1.68. The molecule has 4 nitrogen and oxygen atoms in total. The molecule has 17 heavy (non-hydrogen) atoms. The lowest BCUT2D eigenvalue weighted by Crippen LogP contribution is -2.26. The Labute approximate surface area is 99.8 Å². The number of carbonyl (C=O) groups excluding carboxylic acids is 1. The molecule has 2 heterocycles. The number of carbonyl (C=O) groups is 1. The molecule has 0 unspecified atom stereocenters. The molecule has 0 bridgehead atoms. The van der Waals surface area contributed by atoms with E-state index in [2.05, 4.69) is 10.3 Å². The highest BCUT2D eigenvalue weighted by Gasteiger charge is 2.18. The minimum absolute atomic E-state index is 0.250. The van der Waals surface area contributed by atoms with Crippen molar-refractivity contribution in [3.8, 4) is 0 Å². The minimum Gasteiger partial charge on any atom is -0.385 e. The van der Waals surface area contributed by atoms with Gasteiger partial charge >= 0.3 is 0 Å². The summed E-state index contributed by atoms with van der Waals surface area (Å²) in [6.45, 7) is 2.38. The van der Waals surface area contributed by atoms with Crippen molar-refractivity contribution < 1.29 is 9.18 Å². The number of anilines is 1. The van der Waals surface area contributed by atoms with Gasteiger partial charge in [-0.15, -0.1) is 0 Å². The number of nitrogens with one attached hydrogen (secondary N) is 1. The number of halogens is 1. The first-order valence-corrected chi connectivity index (χ1v) is 5.89. The SMILES string of the molecule is O=C1CCCN1CCCNc1ccnc(F)c1. The molecule has 0 aliphatic carbocycles. The van der Waals surface area contributed by atoms with E-state index in [-0.39, 0.29) is 5.91 Å². The van der Waals surface area contributed by atoms with E-state index in [0.29, 0.717) is 6.42 Å². The predicted molar refractivity (Wildman–Crippen MR) is 63.1 cm³/mol. The first-order valence-electron chi connectivity index (χ1n) is 5.89. The zero-order chi connectivity index (χ0) is 12.1. The molecule has 1 fully saturated rings. The molecule has 1 N–H and O–H groups in total. The van der Waals surface area contributed by atoms with Crippen LogP contribution in [0.1, 0.15) is 19.3 Å². The van der Waals surface area contributed by atoms with Crippen LogP contribution in [-0.4, -0.2) is 35.4 Å². The molecule has 2 rings (SSSR count). The summed E-state index contributed by atoms with van der Waals surface area (Å²) in [5.74, 6) is -0.232. The van der Waals surface area contributed by atoms with Crippen LogP contribution in [0.25, 0.3) is 0 Å². The first kappa shape index (κ1) is 11.8. The second-order valence-electron chi connectivity index (χ2n) is 4.13. The second-order valence-corrected chi connectivity index (χ2v) is 4.13. The summed E-state index contributed by atoms with van der Waals surface area (Å²) in [5.41, 5.74) is 0.727. The Hall–Kier alpha value is -1.65. The van der Waals surface area contributed by atoms with Gasteiger partial charge in [0.05, 0.1) is 0 Å². The Kier molecular flexibility index (Phi) is 3.90. The van der Waals surface area contributed by atoms with Crippen LogP contribution in [0.5, 0.6) is 0 Å². The zero-order valence-electron chi connectivity index (χ0n) is 9.66. The number of rotatable bonds is 5. The number of likely N-dealkylation sites (tertiary alicyclic amines) is 1. The zero-order valence-corrected chi connectivity index (χ0v) is 9.66. The summed E-state index contributed by atoms with van der Waals surface area (Å²) < 4.78 is 12.8. The molecule has 0 aromatic carbocycles. The molecular weight excluding hydrogens is 221 g/mol. The van der Waals surface area contributed by atoms with Crippen LogP contribution in [0, 0.1) is 5.95 Å². The molecule has 92 valence electrons. The van der Waals surface area contributed by atoms with Crippen LogP contribution in [0.4, 0.5) is 10.1 Å². The summed E-state index contributed by atoms with van der Waals surface area (Å²) in [7, 11) is 0. The summed E-state index contributed by atoms with van der Waals surface area (Å²) in [6, 6.07) is 3.09. The van der Waals surface area contributed by atoms with E-state index >= 15 is 0 Å². The Morgan fingerprint density at radius 3 is 3.12 bits per heavy atom. The van der Waals surface area contributed by atoms with Crippen molar-refractivity contribution in [3.05, 3.63) is 24.3 Å². The highest BCUT2D eigenvalue weighted by atomic mass is 19.1. The Morgan fingerprint density at radius 1 is 1.53 bits per heavy atom. The second kappa shape index (κ2) is 5.61. The molecule has 0 radical (unpaired) electrons. The van der Waals surface area contributed by atoms with Crippen LogP contribution >= 0.6 is 0 Å². The number of hydrogen-bond acceptors (Lipinski definition) is 3. The van der Waals surface area contributed by atoms with Gasteiger partial charge in [-0.2, -0.15) is 4.39 Å². The lowest BCUT2D eigenvalue weighted by molar-refractivity contribution is -0.127. The number of nitrogens with zero attached hydrogens (tertiary/aromatic N) is 2. The smallest absolute Gasteiger partial charge is 0.222 e. The maximum atomic E-state index is 12.8. The fourth-order valence-electron chi connectivity index (χ4n) is 1.96. The van der Waals surface area contributed by atoms with Crippen molar-refractivity contribution in [1.82, 2.24) is 9.88 Å². The molecule has 0 spiro atoms. The predicted octanol–water partition coefficient (Wildman–Crippen LogP) is 1.65. The maximum absolute atomic E-state index is 12.8. The third kappa shape index (κ3) is 3.41. The number of aromatic nitrogens is 1.